The van der Waals surface area contributed by atoms with Crippen LogP contribution in [0.3, 0.4) is 0 Å². The van der Waals surface area contributed by atoms with Crippen LogP contribution in [0.4, 0.5) is 5.82 Å². The number of hydrogen-bond acceptors (Lipinski definition) is 7. The summed E-state index contributed by atoms with van der Waals surface area (Å²) in [5.74, 6) is 1.33. The van der Waals surface area contributed by atoms with Crippen LogP contribution in [0, 0.1) is 0 Å². The molecule has 0 atom stereocenters. The van der Waals surface area contributed by atoms with E-state index in [-0.39, 0.29) is 11.5 Å². The highest BCUT2D eigenvalue weighted by atomic mass is 32.1. The first-order valence-electron chi connectivity index (χ1n) is 10.3. The van der Waals surface area contributed by atoms with E-state index in [0.29, 0.717) is 42.5 Å². The SMILES string of the molecule is COc1ccc(C(=O)N2CCN(c3cc(=O)n4nc(-c5ccccc5)sc4n3)CC2)cc1. The molecule has 0 saturated carbocycles. The number of aromatic nitrogens is 3. The standard InChI is InChI=1S/C23H21N5O3S/c1-31-18-9-7-17(8-10-18)22(30)27-13-11-26(12-14-27)19-15-20(29)28-23(24-19)32-21(25-28)16-5-3-2-4-6-16/h2-10,15H,11-14H2,1H3. The van der Waals surface area contributed by atoms with Gasteiger partial charge in [0, 0.05) is 43.4 Å². The number of benzene rings is 2. The molecule has 8 nitrogen and oxygen atoms in total. The number of amides is 1. The average molecular weight is 448 g/mol. The minimum absolute atomic E-state index is 0.00857. The van der Waals surface area contributed by atoms with Gasteiger partial charge in [0.2, 0.25) is 4.96 Å². The molecule has 2 aromatic heterocycles. The summed E-state index contributed by atoms with van der Waals surface area (Å²) < 4.78 is 6.50. The van der Waals surface area contributed by atoms with Gasteiger partial charge in [0.05, 0.1) is 7.11 Å². The summed E-state index contributed by atoms with van der Waals surface area (Å²) in [7, 11) is 1.60. The fourth-order valence-electron chi connectivity index (χ4n) is 3.71. The minimum atomic E-state index is -0.208. The summed E-state index contributed by atoms with van der Waals surface area (Å²) in [5.41, 5.74) is 1.38. The molecule has 1 aliphatic rings. The van der Waals surface area contributed by atoms with Gasteiger partial charge in [-0.2, -0.15) is 9.61 Å². The maximum atomic E-state index is 12.8. The maximum absolute atomic E-state index is 12.8. The number of piperazine rings is 1. The summed E-state index contributed by atoms with van der Waals surface area (Å²) in [4.78, 5) is 34.6. The third kappa shape index (κ3) is 3.82. The fraction of sp³-hybridized carbons (Fsp3) is 0.217. The van der Waals surface area contributed by atoms with Crippen LogP contribution in [0.2, 0.25) is 0 Å². The van der Waals surface area contributed by atoms with Crippen molar-refractivity contribution in [2.75, 3.05) is 38.2 Å². The smallest absolute Gasteiger partial charge is 0.277 e. The van der Waals surface area contributed by atoms with Gasteiger partial charge >= 0.3 is 0 Å². The normalized spacial score (nSPS) is 14.0. The lowest BCUT2D eigenvalue weighted by Gasteiger charge is -2.35. The number of rotatable bonds is 4. The highest BCUT2D eigenvalue weighted by Crippen LogP contribution is 2.25. The fourth-order valence-corrected chi connectivity index (χ4v) is 4.62. The Hall–Kier alpha value is -3.72. The number of fused-ring (bicyclic) bond motifs is 1. The van der Waals surface area contributed by atoms with E-state index in [9.17, 15) is 9.59 Å². The molecule has 1 aliphatic heterocycles. The topological polar surface area (TPSA) is 80.0 Å². The zero-order valence-corrected chi connectivity index (χ0v) is 18.3. The van der Waals surface area contributed by atoms with Crippen LogP contribution in [0.15, 0.2) is 65.5 Å². The third-order valence-corrected chi connectivity index (χ3v) is 6.44. The van der Waals surface area contributed by atoms with Crippen LogP contribution in [0.1, 0.15) is 10.4 Å². The zero-order chi connectivity index (χ0) is 22.1. The Balaban J connectivity index is 1.32. The Bertz CT molecular complexity index is 1310. The Morgan fingerprint density at radius 2 is 1.72 bits per heavy atom. The molecule has 1 amide bonds. The average Bonchev–Trinajstić information content (AvgIpc) is 3.29. The largest absolute Gasteiger partial charge is 0.497 e. The molecule has 0 radical (unpaired) electrons. The molecule has 32 heavy (non-hydrogen) atoms. The molecule has 0 unspecified atom stereocenters. The van der Waals surface area contributed by atoms with Crippen molar-refractivity contribution in [3.05, 3.63) is 76.6 Å². The molecule has 4 aromatic rings. The Morgan fingerprint density at radius 3 is 2.41 bits per heavy atom. The molecule has 3 heterocycles. The number of methoxy groups -OCH3 is 1. The predicted octanol–water partition coefficient (Wildman–Crippen LogP) is 2.79. The van der Waals surface area contributed by atoms with Gasteiger partial charge < -0.3 is 14.5 Å². The van der Waals surface area contributed by atoms with Gasteiger partial charge in [0.25, 0.3) is 11.5 Å². The Labute approximate surface area is 188 Å². The van der Waals surface area contributed by atoms with Crippen molar-refractivity contribution in [2.24, 2.45) is 0 Å². The Kier molecular flexibility index (Phi) is 5.32. The molecule has 0 spiro atoms. The van der Waals surface area contributed by atoms with Gasteiger partial charge in [-0.05, 0) is 24.3 Å². The van der Waals surface area contributed by atoms with Gasteiger partial charge in [0.1, 0.15) is 16.6 Å². The van der Waals surface area contributed by atoms with Gasteiger partial charge in [-0.25, -0.2) is 4.98 Å². The highest BCUT2D eigenvalue weighted by Gasteiger charge is 2.24. The molecule has 0 bridgehead atoms. The van der Waals surface area contributed by atoms with E-state index in [1.54, 1.807) is 31.4 Å². The summed E-state index contributed by atoms with van der Waals surface area (Å²) in [6.07, 6.45) is 0. The first kappa shape index (κ1) is 20.2. The minimum Gasteiger partial charge on any atom is -0.497 e. The second kappa shape index (κ2) is 8.43. The molecule has 162 valence electrons. The van der Waals surface area contributed by atoms with Crippen molar-refractivity contribution in [3.63, 3.8) is 0 Å². The molecule has 2 aromatic carbocycles. The number of anilines is 1. The van der Waals surface area contributed by atoms with Gasteiger partial charge in [-0.15, -0.1) is 0 Å². The molecule has 0 aliphatic carbocycles. The quantitative estimate of drug-likeness (QED) is 0.479. The number of carbonyl (C=O) groups is 1. The molecule has 1 fully saturated rings. The van der Waals surface area contributed by atoms with Crippen molar-refractivity contribution in [2.45, 2.75) is 0 Å². The van der Waals surface area contributed by atoms with Crippen molar-refractivity contribution in [1.82, 2.24) is 19.5 Å². The lowest BCUT2D eigenvalue weighted by molar-refractivity contribution is 0.0746. The number of nitrogens with zero attached hydrogens (tertiary/aromatic N) is 5. The van der Waals surface area contributed by atoms with E-state index in [1.807, 2.05) is 40.1 Å². The second-order valence-corrected chi connectivity index (χ2v) is 8.38. The van der Waals surface area contributed by atoms with Crippen LogP contribution >= 0.6 is 11.3 Å². The zero-order valence-electron chi connectivity index (χ0n) is 17.5. The van der Waals surface area contributed by atoms with E-state index >= 15 is 0 Å². The first-order chi connectivity index (χ1) is 15.6. The predicted molar refractivity (Wildman–Crippen MR) is 124 cm³/mol. The molecule has 9 heteroatoms. The van der Waals surface area contributed by atoms with E-state index < -0.39 is 0 Å². The van der Waals surface area contributed by atoms with Gasteiger partial charge in [0.15, 0.2) is 0 Å². The summed E-state index contributed by atoms with van der Waals surface area (Å²) in [5, 5.41) is 5.18. The van der Waals surface area contributed by atoms with Gasteiger partial charge in [-0.1, -0.05) is 41.7 Å². The lowest BCUT2D eigenvalue weighted by atomic mass is 10.1. The molecule has 1 saturated heterocycles. The molecule has 5 rings (SSSR count). The van der Waals surface area contributed by atoms with Gasteiger partial charge in [-0.3, -0.25) is 9.59 Å². The third-order valence-electron chi connectivity index (χ3n) is 5.48. The van der Waals surface area contributed by atoms with Crippen LogP contribution in [-0.4, -0.2) is 58.7 Å². The number of ether oxygens (including phenoxy) is 1. The van der Waals surface area contributed by atoms with Crippen molar-refractivity contribution in [1.29, 1.82) is 0 Å². The van der Waals surface area contributed by atoms with Crippen LogP contribution < -0.4 is 15.2 Å². The van der Waals surface area contributed by atoms with E-state index in [1.165, 1.54) is 21.9 Å². The summed E-state index contributed by atoms with van der Waals surface area (Å²) in [6.45, 7) is 2.33. The first-order valence-corrected chi connectivity index (χ1v) is 11.1. The highest BCUT2D eigenvalue weighted by molar-refractivity contribution is 7.19. The van der Waals surface area contributed by atoms with Crippen LogP contribution in [-0.2, 0) is 0 Å². The van der Waals surface area contributed by atoms with Crippen LogP contribution in [0.25, 0.3) is 15.5 Å². The van der Waals surface area contributed by atoms with E-state index in [2.05, 4.69) is 10.1 Å². The summed E-state index contributed by atoms with van der Waals surface area (Å²) >= 11 is 1.39. The van der Waals surface area contributed by atoms with E-state index in [4.69, 9.17) is 4.74 Å². The monoisotopic (exact) mass is 447 g/mol. The number of hydrogen-bond donors (Lipinski definition) is 0. The molecular formula is C23H21N5O3S. The van der Waals surface area contributed by atoms with Crippen molar-refractivity contribution < 1.29 is 9.53 Å². The lowest BCUT2D eigenvalue weighted by Crippen LogP contribution is -2.49. The second-order valence-electron chi connectivity index (χ2n) is 7.43. The van der Waals surface area contributed by atoms with E-state index in [0.717, 1.165) is 16.3 Å². The molecule has 0 N–H and O–H groups in total. The maximum Gasteiger partial charge on any atom is 0.277 e. The summed E-state index contributed by atoms with van der Waals surface area (Å²) in [6, 6.07) is 18.4. The Morgan fingerprint density at radius 1 is 1.00 bits per heavy atom. The van der Waals surface area contributed by atoms with Crippen molar-refractivity contribution >= 4 is 28.0 Å². The van der Waals surface area contributed by atoms with Crippen LogP contribution in [0.5, 0.6) is 5.75 Å². The molecular weight excluding hydrogens is 426 g/mol. The number of carbonyl (C=O) groups excluding carboxylic acids is 1. The van der Waals surface area contributed by atoms with Crippen molar-refractivity contribution in [3.8, 4) is 16.3 Å².